The van der Waals surface area contributed by atoms with Crippen LogP contribution < -0.4 is 10.1 Å². The van der Waals surface area contributed by atoms with E-state index in [-0.39, 0.29) is 17.8 Å². The number of benzene rings is 2. The maximum atomic E-state index is 12.1. The maximum absolute atomic E-state index is 12.1. The summed E-state index contributed by atoms with van der Waals surface area (Å²) in [6, 6.07) is 11.8. The molecule has 0 unspecified atom stereocenters. The molecule has 1 fully saturated rings. The first-order valence-electron chi connectivity index (χ1n) is 10.8. The highest BCUT2D eigenvalue weighted by Crippen LogP contribution is 2.44. The van der Waals surface area contributed by atoms with Crippen molar-refractivity contribution in [2.24, 2.45) is 0 Å². The number of fused-ring (bicyclic) bond motifs is 1. The maximum Gasteiger partial charge on any atom is 0.308 e. The molecule has 0 radical (unpaired) electrons. The molecule has 1 amide bonds. The zero-order valence-corrected chi connectivity index (χ0v) is 18.6. The number of nitrogens with one attached hydrogen (secondary N) is 2. The first-order chi connectivity index (χ1) is 15.0. The summed E-state index contributed by atoms with van der Waals surface area (Å²) in [4.78, 5) is 27.1. The number of halogens is 1. The monoisotopic (exact) mass is 438 g/mol. The second-order valence-electron chi connectivity index (χ2n) is 8.28. The molecule has 0 aliphatic heterocycles. The number of rotatable bonds is 5. The van der Waals surface area contributed by atoms with Crippen molar-refractivity contribution >= 4 is 40.1 Å². The number of hydrogen-bond acceptors (Lipinski definition) is 3. The lowest BCUT2D eigenvalue weighted by molar-refractivity contribution is -0.131. The van der Waals surface area contributed by atoms with E-state index in [1.54, 1.807) is 0 Å². The number of esters is 1. The Balaban J connectivity index is 1.90. The van der Waals surface area contributed by atoms with Crippen molar-refractivity contribution in [2.75, 3.05) is 11.2 Å². The predicted molar refractivity (Wildman–Crippen MR) is 125 cm³/mol. The van der Waals surface area contributed by atoms with Gasteiger partial charge in [-0.25, -0.2) is 0 Å². The van der Waals surface area contributed by atoms with Gasteiger partial charge in [0.1, 0.15) is 11.6 Å². The summed E-state index contributed by atoms with van der Waals surface area (Å²) >= 11 is 5.75. The second kappa shape index (κ2) is 9.15. The number of amides is 1. The molecule has 1 aromatic heterocycles. The summed E-state index contributed by atoms with van der Waals surface area (Å²) in [5.74, 6) is 0.281. The van der Waals surface area contributed by atoms with Crippen molar-refractivity contribution in [1.29, 1.82) is 0 Å². The Morgan fingerprint density at radius 3 is 2.61 bits per heavy atom. The van der Waals surface area contributed by atoms with Gasteiger partial charge in [0.2, 0.25) is 5.91 Å². The minimum absolute atomic E-state index is 0.0959. The van der Waals surface area contributed by atoms with Crippen LogP contribution in [0.4, 0.5) is 5.69 Å². The molecule has 162 valence electrons. The van der Waals surface area contributed by atoms with Crippen LogP contribution in [0, 0.1) is 6.92 Å². The Hall–Kier alpha value is -2.79. The van der Waals surface area contributed by atoms with Crippen LogP contribution in [0.1, 0.15) is 56.1 Å². The van der Waals surface area contributed by atoms with Crippen molar-refractivity contribution in [3.63, 3.8) is 0 Å². The summed E-state index contributed by atoms with van der Waals surface area (Å²) < 4.78 is 5.30. The fourth-order valence-corrected chi connectivity index (χ4v) is 4.69. The normalized spacial score (nSPS) is 14.5. The highest BCUT2D eigenvalue weighted by Gasteiger charge is 2.25. The van der Waals surface area contributed by atoms with Gasteiger partial charge < -0.3 is 15.0 Å². The summed E-state index contributed by atoms with van der Waals surface area (Å²) in [6.07, 6.45) is 5.98. The third-order valence-corrected chi connectivity index (χ3v) is 6.17. The number of alkyl halides is 1. The molecule has 1 saturated carbocycles. The van der Waals surface area contributed by atoms with E-state index in [0.717, 1.165) is 46.3 Å². The van der Waals surface area contributed by atoms with Crippen LogP contribution in [-0.4, -0.2) is 22.7 Å². The van der Waals surface area contributed by atoms with Crippen LogP contribution in [0.3, 0.4) is 0 Å². The standard InChI is InChI=1S/C25H27ClN2O3/c1-15-8-10-20(21(12-15)27-23(30)14-26)25-24(17-6-4-3-5-7-17)19-11-9-18(31-16(2)29)13-22(19)28-25/h8-13,17,28H,3-7,14H2,1-2H3,(H,27,30). The average Bonchev–Trinajstić information content (AvgIpc) is 3.12. The molecule has 2 aromatic carbocycles. The van der Waals surface area contributed by atoms with Gasteiger partial charge in [-0.2, -0.15) is 0 Å². The van der Waals surface area contributed by atoms with Crippen molar-refractivity contribution in [3.05, 3.63) is 47.5 Å². The van der Waals surface area contributed by atoms with Crippen molar-refractivity contribution in [1.82, 2.24) is 4.98 Å². The first-order valence-corrected chi connectivity index (χ1v) is 11.3. The molecule has 5 nitrogen and oxygen atoms in total. The lowest BCUT2D eigenvalue weighted by Crippen LogP contribution is -2.14. The Morgan fingerprint density at radius 1 is 1.13 bits per heavy atom. The Labute approximate surface area is 187 Å². The molecule has 1 heterocycles. The third kappa shape index (κ3) is 4.62. The summed E-state index contributed by atoms with van der Waals surface area (Å²) in [5.41, 5.74) is 5.94. The number of carbonyl (C=O) groups excluding carboxylic acids is 2. The molecular formula is C25H27ClN2O3. The molecule has 31 heavy (non-hydrogen) atoms. The molecule has 6 heteroatoms. The SMILES string of the molecule is CC(=O)Oc1ccc2c(C3CCCCC3)c(-c3ccc(C)cc3NC(=O)CCl)[nH]c2c1. The van der Waals surface area contributed by atoms with Gasteiger partial charge in [0.25, 0.3) is 0 Å². The van der Waals surface area contributed by atoms with E-state index in [4.69, 9.17) is 16.3 Å². The first kappa shape index (κ1) is 21.4. The molecule has 0 saturated heterocycles. The minimum atomic E-state index is -0.344. The molecule has 0 atom stereocenters. The van der Waals surface area contributed by atoms with E-state index in [9.17, 15) is 9.59 Å². The van der Waals surface area contributed by atoms with E-state index in [1.165, 1.54) is 31.7 Å². The molecule has 1 aliphatic rings. The van der Waals surface area contributed by atoms with Crippen LogP contribution >= 0.6 is 11.6 Å². The van der Waals surface area contributed by atoms with Crippen LogP contribution in [-0.2, 0) is 9.59 Å². The topological polar surface area (TPSA) is 71.2 Å². The zero-order valence-electron chi connectivity index (χ0n) is 17.9. The second-order valence-corrected chi connectivity index (χ2v) is 8.55. The molecule has 0 bridgehead atoms. The number of aromatic amines is 1. The number of hydrogen-bond donors (Lipinski definition) is 2. The van der Waals surface area contributed by atoms with Crippen LogP contribution in [0.2, 0.25) is 0 Å². The van der Waals surface area contributed by atoms with Crippen LogP contribution in [0.15, 0.2) is 36.4 Å². The zero-order chi connectivity index (χ0) is 22.0. The quantitative estimate of drug-likeness (QED) is 0.279. The van der Waals surface area contributed by atoms with E-state index in [1.807, 2.05) is 43.3 Å². The lowest BCUT2D eigenvalue weighted by atomic mass is 9.81. The molecule has 4 rings (SSSR count). The van der Waals surface area contributed by atoms with E-state index < -0.39 is 0 Å². The number of H-pyrrole nitrogens is 1. The van der Waals surface area contributed by atoms with Gasteiger partial charge in [-0.05, 0) is 55.0 Å². The van der Waals surface area contributed by atoms with Gasteiger partial charge in [-0.1, -0.05) is 31.4 Å². The highest BCUT2D eigenvalue weighted by molar-refractivity contribution is 6.29. The molecule has 2 N–H and O–H groups in total. The fourth-order valence-electron chi connectivity index (χ4n) is 4.62. The van der Waals surface area contributed by atoms with Crippen LogP contribution in [0.5, 0.6) is 5.75 Å². The van der Waals surface area contributed by atoms with E-state index >= 15 is 0 Å². The number of ether oxygens (including phenoxy) is 1. The summed E-state index contributed by atoms with van der Waals surface area (Å²) in [5, 5.41) is 4.08. The number of anilines is 1. The van der Waals surface area contributed by atoms with Gasteiger partial charge in [0, 0.05) is 29.5 Å². The van der Waals surface area contributed by atoms with Gasteiger partial charge in [0.15, 0.2) is 0 Å². The van der Waals surface area contributed by atoms with Gasteiger partial charge in [-0.15, -0.1) is 11.6 Å². The molecular weight excluding hydrogens is 412 g/mol. The molecule has 0 spiro atoms. The highest BCUT2D eigenvalue weighted by atomic mass is 35.5. The third-order valence-electron chi connectivity index (χ3n) is 5.93. The van der Waals surface area contributed by atoms with E-state index in [2.05, 4.69) is 10.3 Å². The minimum Gasteiger partial charge on any atom is -0.427 e. The predicted octanol–water partition coefficient (Wildman–Crippen LogP) is 6.29. The molecule has 1 aliphatic carbocycles. The van der Waals surface area contributed by atoms with Crippen molar-refractivity contribution in [2.45, 2.75) is 51.9 Å². The fraction of sp³-hybridized carbons (Fsp3) is 0.360. The van der Waals surface area contributed by atoms with Crippen LogP contribution in [0.25, 0.3) is 22.2 Å². The van der Waals surface area contributed by atoms with E-state index in [0.29, 0.717) is 11.7 Å². The largest absolute Gasteiger partial charge is 0.427 e. The Bertz CT molecular complexity index is 1130. The Kier molecular flexibility index (Phi) is 6.33. The molecule has 3 aromatic rings. The number of aryl methyl sites for hydroxylation is 1. The number of aromatic nitrogens is 1. The van der Waals surface area contributed by atoms with Gasteiger partial charge in [0.05, 0.1) is 11.4 Å². The van der Waals surface area contributed by atoms with Gasteiger partial charge in [-0.3, -0.25) is 9.59 Å². The van der Waals surface area contributed by atoms with Gasteiger partial charge >= 0.3 is 5.97 Å². The summed E-state index contributed by atoms with van der Waals surface area (Å²) in [7, 11) is 0. The smallest absolute Gasteiger partial charge is 0.308 e. The number of carbonyl (C=O) groups is 2. The Morgan fingerprint density at radius 2 is 1.90 bits per heavy atom. The average molecular weight is 439 g/mol. The lowest BCUT2D eigenvalue weighted by Gasteiger charge is -2.23. The van der Waals surface area contributed by atoms with Crippen molar-refractivity contribution < 1.29 is 14.3 Å². The van der Waals surface area contributed by atoms with Crippen molar-refractivity contribution in [3.8, 4) is 17.0 Å². The summed E-state index contributed by atoms with van der Waals surface area (Å²) in [6.45, 7) is 3.40.